The van der Waals surface area contributed by atoms with E-state index >= 15 is 0 Å². The van der Waals surface area contributed by atoms with Crippen LogP contribution in [-0.4, -0.2) is 18.7 Å². The maximum Gasteiger partial charge on any atom is 0.415 e. The fourth-order valence-electron chi connectivity index (χ4n) is 2.66. The number of rotatable bonds is 3. The lowest BCUT2D eigenvalue weighted by molar-refractivity contribution is 0.159. The molecule has 1 heterocycles. The molecule has 0 N–H and O–H groups in total. The van der Waals surface area contributed by atoms with Gasteiger partial charge in [-0.15, -0.1) is 0 Å². The van der Waals surface area contributed by atoms with Crippen molar-refractivity contribution in [1.29, 1.82) is 0 Å². The number of benzene rings is 2. The highest BCUT2D eigenvalue weighted by Gasteiger charge is 2.27. The molecule has 0 unspecified atom stereocenters. The van der Waals surface area contributed by atoms with Gasteiger partial charge in [0, 0.05) is 5.02 Å². The molecule has 0 aromatic heterocycles. The van der Waals surface area contributed by atoms with Crippen molar-refractivity contribution in [2.75, 3.05) is 11.5 Å². The van der Waals surface area contributed by atoms with Gasteiger partial charge in [0.25, 0.3) is 0 Å². The van der Waals surface area contributed by atoms with Gasteiger partial charge in [0.15, 0.2) is 0 Å². The molecule has 1 aliphatic heterocycles. The molecule has 1 amide bonds. The van der Waals surface area contributed by atoms with Crippen LogP contribution in [0.25, 0.3) is 12.2 Å². The Bertz CT molecular complexity index is 783. The lowest BCUT2D eigenvalue weighted by atomic mass is 10.0. The van der Waals surface area contributed by atoms with E-state index in [0.29, 0.717) is 11.6 Å². The van der Waals surface area contributed by atoms with E-state index in [1.807, 2.05) is 66.8 Å². The molecule has 0 bridgehead atoms. The van der Waals surface area contributed by atoms with Gasteiger partial charge in [-0.25, -0.2) is 4.79 Å². The molecular formula is C20H18ClNO2. The summed E-state index contributed by atoms with van der Waals surface area (Å²) in [5, 5.41) is 0.639. The lowest BCUT2D eigenvalue weighted by Crippen LogP contribution is -2.40. The average molecular weight is 340 g/mol. The minimum Gasteiger partial charge on any atom is -0.449 e. The number of anilines is 1. The van der Waals surface area contributed by atoms with E-state index in [-0.39, 0.29) is 12.1 Å². The Morgan fingerprint density at radius 2 is 2.04 bits per heavy atom. The molecule has 0 aliphatic carbocycles. The molecule has 4 heteroatoms. The molecule has 122 valence electrons. The minimum absolute atomic E-state index is 0.210. The maximum absolute atomic E-state index is 12.5. The Hall–Kier alpha value is -2.52. The first-order valence-corrected chi connectivity index (χ1v) is 8.24. The average Bonchev–Trinajstić information content (AvgIpc) is 2.60. The lowest BCUT2D eigenvalue weighted by Gasteiger charge is -2.31. The molecule has 0 radical (unpaired) electrons. The van der Waals surface area contributed by atoms with E-state index in [2.05, 4.69) is 0 Å². The van der Waals surface area contributed by atoms with Gasteiger partial charge in [0.05, 0.1) is 18.3 Å². The van der Waals surface area contributed by atoms with Crippen molar-refractivity contribution in [1.82, 2.24) is 0 Å². The summed E-state index contributed by atoms with van der Waals surface area (Å²) >= 11 is 6.06. The van der Waals surface area contributed by atoms with Crippen molar-refractivity contribution in [3.8, 4) is 0 Å². The van der Waals surface area contributed by atoms with Gasteiger partial charge < -0.3 is 4.74 Å². The number of halogens is 1. The fraction of sp³-hybridized carbons (Fsp3) is 0.150. The van der Waals surface area contributed by atoms with E-state index in [9.17, 15) is 4.79 Å². The van der Waals surface area contributed by atoms with Crippen LogP contribution in [0.5, 0.6) is 0 Å². The van der Waals surface area contributed by atoms with Crippen LogP contribution in [0.4, 0.5) is 10.5 Å². The molecule has 1 aliphatic rings. The molecular weight excluding hydrogens is 322 g/mol. The summed E-state index contributed by atoms with van der Waals surface area (Å²) < 4.78 is 5.24. The zero-order valence-corrected chi connectivity index (χ0v) is 14.1. The second-order valence-corrected chi connectivity index (χ2v) is 5.83. The highest BCUT2D eigenvalue weighted by molar-refractivity contribution is 6.30. The molecule has 0 spiro atoms. The standard InChI is InChI=1S/C20H18ClNO2/c1-2-24-20(23)22-18(11-8-15-6-4-3-5-7-15)12-9-16-14-17(21)10-13-19(16)22/h3-14,18H,2H2,1H3/b11-8+/t18-/m0/s1. The van der Waals surface area contributed by atoms with Gasteiger partial charge >= 0.3 is 6.09 Å². The van der Waals surface area contributed by atoms with Gasteiger partial charge in [-0.1, -0.05) is 66.2 Å². The summed E-state index contributed by atoms with van der Waals surface area (Å²) in [6, 6.07) is 15.2. The number of nitrogens with zero attached hydrogens (tertiary/aromatic N) is 1. The molecule has 0 saturated carbocycles. The van der Waals surface area contributed by atoms with Gasteiger partial charge in [-0.2, -0.15) is 0 Å². The SMILES string of the molecule is CCOC(=O)N1c2ccc(Cl)cc2C=C[C@@H]1/C=C/c1ccccc1. The monoisotopic (exact) mass is 339 g/mol. The molecule has 2 aromatic rings. The number of carbonyl (C=O) groups is 1. The first-order chi connectivity index (χ1) is 11.7. The summed E-state index contributed by atoms with van der Waals surface area (Å²) in [6.45, 7) is 2.13. The van der Waals surface area contributed by atoms with Gasteiger partial charge in [0.1, 0.15) is 0 Å². The van der Waals surface area contributed by atoms with Crippen molar-refractivity contribution in [3.05, 3.63) is 76.8 Å². The number of ether oxygens (including phenoxy) is 1. The zero-order valence-electron chi connectivity index (χ0n) is 13.4. The highest BCUT2D eigenvalue weighted by atomic mass is 35.5. The second-order valence-electron chi connectivity index (χ2n) is 5.39. The van der Waals surface area contributed by atoms with Crippen LogP contribution in [0.1, 0.15) is 18.1 Å². The van der Waals surface area contributed by atoms with Gasteiger partial charge in [-0.3, -0.25) is 4.90 Å². The number of fused-ring (bicyclic) bond motifs is 1. The number of hydrogen-bond acceptors (Lipinski definition) is 2. The predicted octanol–water partition coefficient (Wildman–Crippen LogP) is 5.41. The summed E-state index contributed by atoms with van der Waals surface area (Å²) in [4.78, 5) is 14.1. The third-order valence-corrected chi connectivity index (χ3v) is 4.01. The summed E-state index contributed by atoms with van der Waals surface area (Å²) in [7, 11) is 0. The number of carbonyl (C=O) groups excluding carboxylic acids is 1. The van der Waals surface area contributed by atoms with Crippen molar-refractivity contribution in [2.24, 2.45) is 0 Å². The zero-order chi connectivity index (χ0) is 16.9. The topological polar surface area (TPSA) is 29.5 Å². The Morgan fingerprint density at radius 1 is 1.25 bits per heavy atom. The van der Waals surface area contributed by atoms with Crippen LogP contribution in [0.2, 0.25) is 5.02 Å². The van der Waals surface area contributed by atoms with Gasteiger partial charge in [0.2, 0.25) is 0 Å². The number of hydrogen-bond donors (Lipinski definition) is 0. The van der Waals surface area contributed by atoms with E-state index in [4.69, 9.17) is 16.3 Å². The van der Waals surface area contributed by atoms with Gasteiger partial charge in [-0.05, 0) is 36.2 Å². The minimum atomic E-state index is -0.367. The fourth-order valence-corrected chi connectivity index (χ4v) is 2.84. The molecule has 2 aromatic carbocycles. The molecule has 3 rings (SSSR count). The van der Waals surface area contributed by atoms with Crippen molar-refractivity contribution in [3.63, 3.8) is 0 Å². The van der Waals surface area contributed by atoms with Crippen LogP contribution in [-0.2, 0) is 4.74 Å². The van der Waals surface area contributed by atoms with Crippen LogP contribution in [0, 0.1) is 0 Å². The largest absolute Gasteiger partial charge is 0.449 e. The van der Waals surface area contributed by atoms with E-state index in [0.717, 1.165) is 16.8 Å². The Balaban J connectivity index is 1.95. The third-order valence-electron chi connectivity index (χ3n) is 3.77. The molecule has 1 atom stereocenters. The molecule has 3 nitrogen and oxygen atoms in total. The predicted molar refractivity (Wildman–Crippen MR) is 99.3 cm³/mol. The highest BCUT2D eigenvalue weighted by Crippen LogP contribution is 2.32. The van der Waals surface area contributed by atoms with Crippen LogP contribution in [0.15, 0.2) is 60.7 Å². The Kier molecular flexibility index (Phi) is 5.02. The van der Waals surface area contributed by atoms with Crippen LogP contribution < -0.4 is 4.90 Å². The van der Waals surface area contributed by atoms with Crippen molar-refractivity contribution in [2.45, 2.75) is 13.0 Å². The first-order valence-electron chi connectivity index (χ1n) is 7.86. The summed E-state index contributed by atoms with van der Waals surface area (Å²) in [5.41, 5.74) is 2.78. The Morgan fingerprint density at radius 3 is 2.79 bits per heavy atom. The van der Waals surface area contributed by atoms with E-state index in [1.54, 1.807) is 17.9 Å². The normalized spacial score (nSPS) is 16.2. The first kappa shape index (κ1) is 16.3. The van der Waals surface area contributed by atoms with E-state index in [1.165, 1.54) is 0 Å². The Labute approximate surface area is 146 Å². The van der Waals surface area contributed by atoms with Crippen LogP contribution >= 0.6 is 11.6 Å². The summed E-state index contributed by atoms with van der Waals surface area (Å²) in [5.74, 6) is 0. The quantitative estimate of drug-likeness (QED) is 0.748. The summed E-state index contributed by atoms with van der Waals surface area (Å²) in [6.07, 6.45) is 7.57. The van der Waals surface area contributed by atoms with Crippen molar-refractivity contribution < 1.29 is 9.53 Å². The second kappa shape index (κ2) is 7.37. The maximum atomic E-state index is 12.5. The third kappa shape index (κ3) is 3.52. The van der Waals surface area contributed by atoms with Crippen LogP contribution in [0.3, 0.4) is 0 Å². The number of amides is 1. The molecule has 0 fully saturated rings. The van der Waals surface area contributed by atoms with E-state index < -0.39 is 0 Å². The molecule has 0 saturated heterocycles. The van der Waals surface area contributed by atoms with Crippen molar-refractivity contribution >= 4 is 35.5 Å². The smallest absolute Gasteiger partial charge is 0.415 e. The molecule has 24 heavy (non-hydrogen) atoms.